The predicted molar refractivity (Wildman–Crippen MR) is 31.0 cm³/mol. The molecule has 5 heteroatoms. The highest BCUT2D eigenvalue weighted by molar-refractivity contribution is 5.82. The van der Waals surface area contributed by atoms with Crippen molar-refractivity contribution in [1.82, 2.24) is 5.32 Å². The fourth-order valence-corrected chi connectivity index (χ4v) is 0.796. The lowest BCUT2D eigenvalue weighted by Gasteiger charge is -2.27. The van der Waals surface area contributed by atoms with E-state index < -0.39 is 24.2 Å². The van der Waals surface area contributed by atoms with E-state index in [-0.39, 0.29) is 6.54 Å². The number of aliphatic hydroxyl groups is 3. The number of piperidine rings is 1. The Hall–Kier alpha value is -0.650. The van der Waals surface area contributed by atoms with Crippen LogP contribution in [0, 0.1) is 0 Å². The number of β-amino-alcohol motifs (C(OH)–C–C–N with tert-alkyl or cyclic N) is 1. The van der Waals surface area contributed by atoms with Gasteiger partial charge >= 0.3 is 0 Å². The Morgan fingerprint density at radius 1 is 1.40 bits per heavy atom. The molecule has 0 spiro atoms. The molecule has 3 atom stereocenters. The third-order valence-electron chi connectivity index (χ3n) is 1.47. The van der Waals surface area contributed by atoms with Crippen molar-refractivity contribution in [2.45, 2.75) is 18.3 Å². The minimum Gasteiger partial charge on any atom is -0.388 e. The van der Waals surface area contributed by atoms with Crippen LogP contribution in [0.4, 0.5) is 0 Å². The number of rotatable bonds is 0. The van der Waals surface area contributed by atoms with Crippen LogP contribution in [0.15, 0.2) is 0 Å². The molecule has 58 valence electrons. The van der Waals surface area contributed by atoms with Gasteiger partial charge in [-0.2, -0.15) is 0 Å². The summed E-state index contributed by atoms with van der Waals surface area (Å²) in [6.07, 6.45) is -3.91. The fraction of sp³-hybridized carbons (Fsp3) is 0.800. The number of amides is 1. The number of carbonyl (C=O) groups excluding carboxylic acids is 1. The summed E-state index contributed by atoms with van der Waals surface area (Å²) in [5.41, 5.74) is 0. The summed E-state index contributed by atoms with van der Waals surface area (Å²) in [4.78, 5) is 10.5. The largest absolute Gasteiger partial charge is 0.388 e. The van der Waals surface area contributed by atoms with Crippen LogP contribution in [0.2, 0.25) is 0 Å². The zero-order valence-electron chi connectivity index (χ0n) is 5.19. The van der Waals surface area contributed by atoms with Gasteiger partial charge in [0.25, 0.3) is 5.91 Å². The summed E-state index contributed by atoms with van der Waals surface area (Å²) in [7, 11) is 0. The van der Waals surface area contributed by atoms with Gasteiger partial charge in [0, 0.05) is 6.54 Å². The van der Waals surface area contributed by atoms with Crippen molar-refractivity contribution in [2.75, 3.05) is 6.54 Å². The van der Waals surface area contributed by atoms with E-state index in [0.717, 1.165) is 0 Å². The highest BCUT2D eigenvalue weighted by atomic mass is 16.4. The van der Waals surface area contributed by atoms with E-state index in [1.54, 1.807) is 0 Å². The van der Waals surface area contributed by atoms with Crippen LogP contribution >= 0.6 is 0 Å². The molecule has 1 amide bonds. The van der Waals surface area contributed by atoms with Gasteiger partial charge in [0.1, 0.15) is 12.2 Å². The van der Waals surface area contributed by atoms with E-state index in [0.29, 0.717) is 0 Å². The first kappa shape index (κ1) is 7.46. The van der Waals surface area contributed by atoms with Gasteiger partial charge < -0.3 is 20.6 Å². The molecule has 1 fully saturated rings. The van der Waals surface area contributed by atoms with Crippen LogP contribution in [-0.4, -0.2) is 46.1 Å². The zero-order valence-corrected chi connectivity index (χ0v) is 5.19. The van der Waals surface area contributed by atoms with Gasteiger partial charge in [-0.1, -0.05) is 0 Å². The number of hydrogen-bond donors (Lipinski definition) is 4. The lowest BCUT2D eigenvalue weighted by molar-refractivity contribution is -0.148. The maximum atomic E-state index is 10.5. The Kier molecular flexibility index (Phi) is 1.89. The fourth-order valence-electron chi connectivity index (χ4n) is 0.796. The quantitative estimate of drug-likeness (QED) is 0.298. The zero-order chi connectivity index (χ0) is 7.72. The average molecular weight is 147 g/mol. The van der Waals surface area contributed by atoms with E-state index in [1.165, 1.54) is 0 Å². The average Bonchev–Trinajstić information content (AvgIpc) is 1.93. The molecule has 4 N–H and O–H groups in total. The number of nitrogens with one attached hydrogen (secondary N) is 1. The standard InChI is InChI=1S/C5H9NO4/c7-2-1-6-5(10)4(9)3(2)8/h2-4,7-9H,1H2,(H,6,10)/t2-,3-,4+/m1/s1. The molecule has 10 heavy (non-hydrogen) atoms. The summed E-state index contributed by atoms with van der Waals surface area (Å²) < 4.78 is 0. The summed E-state index contributed by atoms with van der Waals surface area (Å²) >= 11 is 0. The monoisotopic (exact) mass is 147 g/mol. The van der Waals surface area contributed by atoms with Gasteiger partial charge in [0.2, 0.25) is 0 Å². The van der Waals surface area contributed by atoms with Gasteiger partial charge in [-0.3, -0.25) is 4.79 Å². The Morgan fingerprint density at radius 3 is 2.50 bits per heavy atom. The van der Waals surface area contributed by atoms with Crippen molar-refractivity contribution in [3.63, 3.8) is 0 Å². The second kappa shape index (κ2) is 2.53. The second-order valence-corrected chi connectivity index (χ2v) is 2.25. The highest BCUT2D eigenvalue weighted by Gasteiger charge is 2.34. The molecule has 0 aromatic heterocycles. The van der Waals surface area contributed by atoms with Gasteiger partial charge in [-0.25, -0.2) is 0 Å². The molecule has 0 unspecified atom stereocenters. The van der Waals surface area contributed by atoms with Gasteiger partial charge in [0.15, 0.2) is 6.10 Å². The summed E-state index contributed by atoms with van der Waals surface area (Å²) in [6.45, 7) is -0.00292. The molecule has 1 aliphatic rings. The normalized spacial score (nSPS) is 41.1. The van der Waals surface area contributed by atoms with Crippen molar-refractivity contribution in [3.05, 3.63) is 0 Å². The maximum absolute atomic E-state index is 10.5. The highest BCUT2D eigenvalue weighted by Crippen LogP contribution is 2.04. The number of carbonyl (C=O) groups is 1. The minimum absolute atomic E-state index is 0.00292. The number of hydrogen-bond acceptors (Lipinski definition) is 4. The van der Waals surface area contributed by atoms with E-state index >= 15 is 0 Å². The molecule has 0 aromatic carbocycles. The molecule has 1 saturated heterocycles. The van der Waals surface area contributed by atoms with Crippen LogP contribution in [0.3, 0.4) is 0 Å². The van der Waals surface area contributed by atoms with Gasteiger partial charge in [-0.15, -0.1) is 0 Å². The van der Waals surface area contributed by atoms with Crippen molar-refractivity contribution in [1.29, 1.82) is 0 Å². The molecular formula is C5H9NO4. The predicted octanol–water partition coefficient (Wildman–Crippen LogP) is -2.80. The third-order valence-corrected chi connectivity index (χ3v) is 1.47. The van der Waals surface area contributed by atoms with Crippen molar-refractivity contribution < 1.29 is 20.1 Å². The first-order valence-electron chi connectivity index (χ1n) is 2.95. The van der Waals surface area contributed by atoms with Crippen LogP contribution in [0.5, 0.6) is 0 Å². The molecule has 0 radical (unpaired) electrons. The van der Waals surface area contributed by atoms with E-state index in [9.17, 15) is 4.79 Å². The first-order chi connectivity index (χ1) is 4.63. The van der Waals surface area contributed by atoms with Crippen molar-refractivity contribution in [2.24, 2.45) is 0 Å². The van der Waals surface area contributed by atoms with Crippen LogP contribution in [0.1, 0.15) is 0 Å². The molecule has 0 saturated carbocycles. The summed E-state index contributed by atoms with van der Waals surface area (Å²) in [6, 6.07) is 0. The second-order valence-electron chi connectivity index (χ2n) is 2.25. The summed E-state index contributed by atoms with van der Waals surface area (Å²) in [5.74, 6) is -0.641. The molecule has 1 aliphatic heterocycles. The Morgan fingerprint density at radius 2 is 2.00 bits per heavy atom. The van der Waals surface area contributed by atoms with E-state index in [4.69, 9.17) is 15.3 Å². The van der Waals surface area contributed by atoms with Gasteiger partial charge in [0.05, 0.1) is 0 Å². The smallest absolute Gasteiger partial charge is 0.251 e. The van der Waals surface area contributed by atoms with E-state index in [2.05, 4.69) is 5.32 Å². The van der Waals surface area contributed by atoms with E-state index in [1.807, 2.05) is 0 Å². The lowest BCUT2D eigenvalue weighted by Crippen LogP contribution is -2.57. The van der Waals surface area contributed by atoms with Crippen LogP contribution < -0.4 is 5.32 Å². The van der Waals surface area contributed by atoms with Crippen molar-refractivity contribution in [3.8, 4) is 0 Å². The number of aliphatic hydroxyl groups excluding tert-OH is 3. The Bertz CT molecular complexity index is 149. The molecule has 0 aromatic rings. The van der Waals surface area contributed by atoms with Crippen LogP contribution in [-0.2, 0) is 4.79 Å². The van der Waals surface area contributed by atoms with Crippen LogP contribution in [0.25, 0.3) is 0 Å². The maximum Gasteiger partial charge on any atom is 0.251 e. The molecular weight excluding hydrogens is 138 g/mol. The first-order valence-corrected chi connectivity index (χ1v) is 2.95. The van der Waals surface area contributed by atoms with Gasteiger partial charge in [-0.05, 0) is 0 Å². The SMILES string of the molecule is O=C1NC[C@@H](O)[C@@H](O)[C@@H]1O. The summed E-state index contributed by atoms with van der Waals surface area (Å²) in [5, 5.41) is 28.7. The molecule has 5 nitrogen and oxygen atoms in total. The third kappa shape index (κ3) is 1.11. The molecule has 1 heterocycles. The molecule has 0 bridgehead atoms. The Labute approximate surface area is 57.3 Å². The topological polar surface area (TPSA) is 89.8 Å². The van der Waals surface area contributed by atoms with Crippen molar-refractivity contribution >= 4 is 5.91 Å². The minimum atomic E-state index is -1.50. The Balaban J connectivity index is 2.60. The molecule has 0 aliphatic carbocycles. The molecule has 1 rings (SSSR count). The lowest BCUT2D eigenvalue weighted by atomic mass is 10.0.